The van der Waals surface area contributed by atoms with E-state index in [0.29, 0.717) is 49.6 Å². The van der Waals surface area contributed by atoms with Crippen molar-refractivity contribution in [2.75, 3.05) is 39.3 Å². The van der Waals surface area contributed by atoms with Crippen LogP contribution in [0.3, 0.4) is 0 Å². The van der Waals surface area contributed by atoms with Gasteiger partial charge >= 0.3 is 12.0 Å². The normalized spacial score (nSPS) is 20.6. The maximum atomic E-state index is 13.3. The molecule has 2 aliphatic heterocycles. The van der Waals surface area contributed by atoms with Crippen LogP contribution in [0, 0.1) is 6.92 Å². The number of esters is 1. The van der Waals surface area contributed by atoms with Gasteiger partial charge in [-0.2, -0.15) is 0 Å². The van der Waals surface area contributed by atoms with Gasteiger partial charge in [-0.25, -0.2) is 9.59 Å². The number of likely N-dealkylation sites (N-methyl/N-ethyl adjacent to an activating group) is 1. The zero-order valence-corrected chi connectivity index (χ0v) is 22.1. The van der Waals surface area contributed by atoms with Gasteiger partial charge in [0.1, 0.15) is 0 Å². The number of rotatable bonds is 7. The van der Waals surface area contributed by atoms with Crippen molar-refractivity contribution in [1.29, 1.82) is 0 Å². The van der Waals surface area contributed by atoms with Crippen LogP contribution in [0.2, 0.25) is 0 Å². The fourth-order valence-corrected chi connectivity index (χ4v) is 5.11. The van der Waals surface area contributed by atoms with Gasteiger partial charge in [-0.15, -0.1) is 0 Å². The molecule has 0 saturated carbocycles. The van der Waals surface area contributed by atoms with Crippen LogP contribution in [0.4, 0.5) is 4.79 Å². The number of hydrogen-bond acceptors (Lipinski definition) is 5. The van der Waals surface area contributed by atoms with E-state index in [1.165, 1.54) is 0 Å². The highest BCUT2D eigenvalue weighted by molar-refractivity contribution is 5.95. The molecule has 2 aliphatic rings. The van der Waals surface area contributed by atoms with Gasteiger partial charge in [0, 0.05) is 50.0 Å². The Kier molecular flexibility index (Phi) is 8.28. The van der Waals surface area contributed by atoms with Gasteiger partial charge in [-0.3, -0.25) is 14.6 Å². The molecule has 37 heavy (non-hydrogen) atoms. The van der Waals surface area contributed by atoms with Crippen molar-refractivity contribution in [2.45, 2.75) is 39.8 Å². The summed E-state index contributed by atoms with van der Waals surface area (Å²) < 4.78 is 5.46. The Morgan fingerprint density at radius 2 is 1.73 bits per heavy atom. The molecule has 2 aromatic rings. The molecule has 3 amide bonds. The fraction of sp³-hybridized carbons (Fsp3) is 0.414. The average molecular weight is 505 g/mol. The maximum Gasteiger partial charge on any atom is 0.338 e. The number of benzene rings is 2. The van der Waals surface area contributed by atoms with E-state index in [-0.39, 0.29) is 24.6 Å². The molecule has 2 heterocycles. The Hall–Kier alpha value is -3.65. The molecular weight excluding hydrogens is 468 g/mol. The monoisotopic (exact) mass is 504 g/mol. The molecule has 0 aliphatic carbocycles. The number of nitrogens with one attached hydrogen (secondary N) is 1. The number of aryl methyl sites for hydroxylation is 1. The van der Waals surface area contributed by atoms with Crippen LogP contribution in [-0.2, 0) is 9.53 Å². The molecule has 4 rings (SSSR count). The third-order valence-electron chi connectivity index (χ3n) is 7.03. The average Bonchev–Trinajstić information content (AvgIpc) is 2.89. The van der Waals surface area contributed by atoms with Crippen molar-refractivity contribution < 1.29 is 19.1 Å². The first-order chi connectivity index (χ1) is 17.8. The van der Waals surface area contributed by atoms with Crippen LogP contribution >= 0.6 is 0 Å². The van der Waals surface area contributed by atoms with E-state index in [1.807, 2.05) is 80.3 Å². The Balaban J connectivity index is 1.61. The Bertz CT molecular complexity index is 1160. The Morgan fingerprint density at radius 1 is 1.03 bits per heavy atom. The molecule has 0 radical (unpaired) electrons. The molecule has 2 aromatic carbocycles. The van der Waals surface area contributed by atoms with E-state index in [4.69, 9.17) is 4.74 Å². The van der Waals surface area contributed by atoms with Crippen LogP contribution in [-0.4, -0.2) is 78.0 Å². The number of carbonyl (C=O) groups excluding carboxylic acids is 3. The third kappa shape index (κ3) is 5.69. The summed E-state index contributed by atoms with van der Waals surface area (Å²) in [6, 6.07) is 16.3. The first kappa shape index (κ1) is 26.4. The highest BCUT2D eigenvalue weighted by atomic mass is 16.5. The lowest BCUT2D eigenvalue weighted by Crippen LogP contribution is -2.56. The number of amides is 3. The van der Waals surface area contributed by atoms with E-state index < -0.39 is 12.0 Å². The Labute approximate surface area is 218 Å². The summed E-state index contributed by atoms with van der Waals surface area (Å²) >= 11 is 0. The van der Waals surface area contributed by atoms with E-state index in [9.17, 15) is 14.4 Å². The van der Waals surface area contributed by atoms with Crippen molar-refractivity contribution in [2.24, 2.45) is 0 Å². The van der Waals surface area contributed by atoms with Gasteiger partial charge in [-0.05, 0) is 45.4 Å². The molecule has 0 spiro atoms. The van der Waals surface area contributed by atoms with Crippen molar-refractivity contribution in [1.82, 2.24) is 20.0 Å². The minimum Gasteiger partial charge on any atom is -0.463 e. The summed E-state index contributed by atoms with van der Waals surface area (Å²) in [4.78, 5) is 45.3. The second-order valence-electron chi connectivity index (χ2n) is 9.57. The summed E-state index contributed by atoms with van der Waals surface area (Å²) in [6.07, 6.45) is 0. The molecule has 0 aromatic heterocycles. The quantitative estimate of drug-likeness (QED) is 0.581. The van der Waals surface area contributed by atoms with E-state index in [1.54, 1.807) is 11.8 Å². The topological polar surface area (TPSA) is 82.2 Å². The largest absolute Gasteiger partial charge is 0.463 e. The van der Waals surface area contributed by atoms with Gasteiger partial charge < -0.3 is 15.0 Å². The van der Waals surface area contributed by atoms with Gasteiger partial charge in [0.2, 0.25) is 0 Å². The smallest absolute Gasteiger partial charge is 0.338 e. The molecule has 196 valence electrons. The predicted octanol–water partition coefficient (Wildman–Crippen LogP) is 3.74. The molecule has 8 heteroatoms. The van der Waals surface area contributed by atoms with E-state index >= 15 is 0 Å². The van der Waals surface area contributed by atoms with Crippen LogP contribution < -0.4 is 5.32 Å². The van der Waals surface area contributed by atoms with Crippen LogP contribution in [0.15, 0.2) is 65.9 Å². The minimum atomic E-state index is -0.590. The summed E-state index contributed by atoms with van der Waals surface area (Å²) in [5.41, 5.74) is 3.74. The highest BCUT2D eigenvalue weighted by Gasteiger charge is 2.39. The van der Waals surface area contributed by atoms with Gasteiger partial charge in [0.15, 0.2) is 0 Å². The molecule has 0 bridgehead atoms. The Morgan fingerprint density at radius 3 is 2.35 bits per heavy atom. The number of ether oxygens (including phenoxy) is 1. The SMILES string of the molecule is CCOC(=O)C1=C(CN2CCN(C(=O)c3ccc(C)cc3)[C@H](C)C2)N(CC)C(=O)N[C@H]1c1ccccc1. The van der Waals surface area contributed by atoms with Crippen molar-refractivity contribution in [3.63, 3.8) is 0 Å². The molecule has 8 nitrogen and oxygen atoms in total. The number of piperazine rings is 1. The van der Waals surface area contributed by atoms with Gasteiger partial charge in [0.05, 0.1) is 18.2 Å². The lowest BCUT2D eigenvalue weighted by Gasteiger charge is -2.43. The zero-order chi connectivity index (χ0) is 26.5. The number of nitrogens with zero attached hydrogens (tertiary/aromatic N) is 3. The molecule has 2 atom stereocenters. The summed E-state index contributed by atoms with van der Waals surface area (Å²) in [6.45, 7) is 10.6. The number of urea groups is 1. The lowest BCUT2D eigenvalue weighted by atomic mass is 9.94. The van der Waals surface area contributed by atoms with Gasteiger partial charge in [-0.1, -0.05) is 48.0 Å². The summed E-state index contributed by atoms with van der Waals surface area (Å²) in [5.74, 6) is -0.402. The van der Waals surface area contributed by atoms with Gasteiger partial charge in [0.25, 0.3) is 5.91 Å². The first-order valence-electron chi connectivity index (χ1n) is 13.0. The second-order valence-corrected chi connectivity index (χ2v) is 9.57. The molecule has 0 unspecified atom stereocenters. The second kappa shape index (κ2) is 11.6. The molecular formula is C29H36N4O4. The summed E-state index contributed by atoms with van der Waals surface area (Å²) in [7, 11) is 0. The zero-order valence-electron chi connectivity index (χ0n) is 22.1. The third-order valence-corrected chi connectivity index (χ3v) is 7.03. The minimum absolute atomic E-state index is 0.0217. The van der Waals surface area contributed by atoms with Crippen LogP contribution in [0.1, 0.15) is 48.3 Å². The van der Waals surface area contributed by atoms with Crippen molar-refractivity contribution in [3.8, 4) is 0 Å². The standard InChI is InChI=1S/C29H36N4O4/c1-5-32-24(25(28(35)37-6-2)26(30-29(32)36)22-10-8-7-9-11-22)19-31-16-17-33(21(4)18-31)27(34)23-14-12-20(3)13-15-23/h7-15,21,26H,5-6,16-19H2,1-4H3,(H,30,36)/t21-,26+/m1/s1. The lowest BCUT2D eigenvalue weighted by molar-refractivity contribution is -0.139. The number of hydrogen-bond donors (Lipinski definition) is 1. The van der Waals surface area contributed by atoms with Crippen molar-refractivity contribution in [3.05, 3.63) is 82.6 Å². The maximum absolute atomic E-state index is 13.3. The van der Waals surface area contributed by atoms with Crippen LogP contribution in [0.25, 0.3) is 0 Å². The first-order valence-corrected chi connectivity index (χ1v) is 13.0. The molecule has 1 saturated heterocycles. The molecule has 1 fully saturated rings. The van der Waals surface area contributed by atoms with E-state index in [0.717, 1.165) is 11.1 Å². The molecule has 1 N–H and O–H groups in total. The predicted molar refractivity (Wildman–Crippen MR) is 142 cm³/mol. The van der Waals surface area contributed by atoms with Crippen molar-refractivity contribution >= 4 is 17.9 Å². The fourth-order valence-electron chi connectivity index (χ4n) is 5.11. The van der Waals surface area contributed by atoms with Crippen LogP contribution in [0.5, 0.6) is 0 Å². The van der Waals surface area contributed by atoms with E-state index in [2.05, 4.69) is 10.2 Å². The highest BCUT2D eigenvalue weighted by Crippen LogP contribution is 2.32. The summed E-state index contributed by atoms with van der Waals surface area (Å²) in [5, 5.41) is 3.00. The number of carbonyl (C=O) groups is 3.